The zero-order chi connectivity index (χ0) is 11.2. The third-order valence-electron chi connectivity index (χ3n) is 3.98. The molecule has 0 saturated heterocycles. The summed E-state index contributed by atoms with van der Waals surface area (Å²) in [5, 5.41) is 5.02. The normalized spacial score (nSPS) is 23.1. The van der Waals surface area contributed by atoms with E-state index in [0.717, 1.165) is 12.5 Å². The van der Waals surface area contributed by atoms with Crippen LogP contribution in [0.25, 0.3) is 0 Å². The molecule has 2 aliphatic carbocycles. The average Bonchev–Trinajstić information content (AvgIpc) is 2.88. The van der Waals surface area contributed by atoms with Crippen molar-refractivity contribution in [3.8, 4) is 0 Å². The van der Waals surface area contributed by atoms with E-state index in [-0.39, 0.29) is 5.54 Å². The molecule has 0 amide bonds. The van der Waals surface area contributed by atoms with Crippen molar-refractivity contribution in [3.05, 3.63) is 15.6 Å². The first kappa shape index (κ1) is 10.7. The molecular weight excluding hydrogens is 216 g/mol. The third-order valence-corrected chi connectivity index (χ3v) is 5.37. The highest BCUT2D eigenvalue weighted by Gasteiger charge is 2.44. The minimum atomic E-state index is 0.157. The Morgan fingerprint density at radius 1 is 1.44 bits per heavy atom. The molecule has 2 nitrogen and oxygen atoms in total. The molecule has 3 rings (SSSR count). The first-order chi connectivity index (χ1) is 7.74. The van der Waals surface area contributed by atoms with Crippen LogP contribution < -0.4 is 5.32 Å². The van der Waals surface area contributed by atoms with Crippen LogP contribution in [0.1, 0.15) is 48.7 Å². The summed E-state index contributed by atoms with van der Waals surface area (Å²) in [5.41, 5.74) is 1.55. The number of hydrogen-bond acceptors (Lipinski definition) is 3. The lowest BCUT2D eigenvalue weighted by molar-refractivity contribution is 0.324. The van der Waals surface area contributed by atoms with Gasteiger partial charge in [0, 0.05) is 4.88 Å². The fourth-order valence-electron chi connectivity index (χ4n) is 2.84. The molecule has 3 heteroatoms. The molecule has 16 heavy (non-hydrogen) atoms. The van der Waals surface area contributed by atoms with Crippen molar-refractivity contribution >= 4 is 11.3 Å². The van der Waals surface area contributed by atoms with Gasteiger partial charge in [-0.05, 0) is 51.5 Å². The molecule has 2 aliphatic rings. The fourth-order valence-corrected chi connectivity index (χ4v) is 4.19. The van der Waals surface area contributed by atoms with Crippen molar-refractivity contribution in [3.63, 3.8) is 0 Å². The van der Waals surface area contributed by atoms with E-state index in [1.807, 2.05) is 11.3 Å². The maximum absolute atomic E-state index is 4.90. The van der Waals surface area contributed by atoms with Gasteiger partial charge in [-0.2, -0.15) is 0 Å². The van der Waals surface area contributed by atoms with Gasteiger partial charge in [-0.3, -0.25) is 0 Å². The third kappa shape index (κ3) is 1.61. The molecule has 0 aliphatic heterocycles. The Morgan fingerprint density at radius 2 is 2.25 bits per heavy atom. The quantitative estimate of drug-likeness (QED) is 0.869. The molecule has 1 fully saturated rings. The summed E-state index contributed by atoms with van der Waals surface area (Å²) in [5.74, 6) is 0.818. The van der Waals surface area contributed by atoms with Gasteiger partial charge >= 0.3 is 0 Å². The highest BCUT2D eigenvalue weighted by Crippen LogP contribution is 2.47. The highest BCUT2D eigenvalue weighted by atomic mass is 32.1. The second-order valence-corrected chi connectivity index (χ2v) is 6.33. The largest absolute Gasteiger partial charge is 0.306 e. The topological polar surface area (TPSA) is 24.9 Å². The van der Waals surface area contributed by atoms with Gasteiger partial charge in [0.2, 0.25) is 0 Å². The number of aromatic nitrogens is 1. The van der Waals surface area contributed by atoms with Crippen LogP contribution in [0.4, 0.5) is 0 Å². The van der Waals surface area contributed by atoms with Gasteiger partial charge in [0.1, 0.15) is 5.01 Å². The van der Waals surface area contributed by atoms with E-state index in [9.17, 15) is 0 Å². The van der Waals surface area contributed by atoms with Crippen LogP contribution in [0.5, 0.6) is 0 Å². The van der Waals surface area contributed by atoms with E-state index in [1.165, 1.54) is 42.8 Å². The summed E-state index contributed by atoms with van der Waals surface area (Å²) in [4.78, 5) is 6.45. The number of nitrogens with zero attached hydrogens (tertiary/aromatic N) is 1. The molecule has 1 saturated carbocycles. The summed E-state index contributed by atoms with van der Waals surface area (Å²) in [6, 6.07) is 0. The molecule has 0 radical (unpaired) electrons. The number of thiazole rings is 1. The Kier molecular flexibility index (Phi) is 2.55. The standard InChI is InChI=1S/C13H20N2S/c1-3-14-13(2,9-7-8-9)12-15-10-5-4-6-11(10)16-12/h9,14H,3-8H2,1-2H3. The molecule has 1 unspecified atom stereocenters. The van der Waals surface area contributed by atoms with Crippen LogP contribution in [-0.4, -0.2) is 11.5 Å². The number of fused-ring (bicyclic) bond motifs is 1. The second-order valence-electron chi connectivity index (χ2n) is 5.25. The van der Waals surface area contributed by atoms with E-state index < -0.39 is 0 Å². The van der Waals surface area contributed by atoms with Gasteiger partial charge in [0.15, 0.2) is 0 Å². The van der Waals surface area contributed by atoms with Crippen LogP contribution in [0, 0.1) is 5.92 Å². The van der Waals surface area contributed by atoms with E-state index in [2.05, 4.69) is 19.2 Å². The van der Waals surface area contributed by atoms with Gasteiger partial charge < -0.3 is 5.32 Å². The van der Waals surface area contributed by atoms with E-state index in [0.29, 0.717) is 0 Å². The highest BCUT2D eigenvalue weighted by molar-refractivity contribution is 7.12. The summed E-state index contributed by atoms with van der Waals surface area (Å²) in [6.07, 6.45) is 6.52. The van der Waals surface area contributed by atoms with Gasteiger partial charge in [0.05, 0.1) is 11.2 Å². The summed E-state index contributed by atoms with van der Waals surface area (Å²) >= 11 is 1.96. The predicted octanol–water partition coefficient (Wildman–Crippen LogP) is 2.87. The molecular formula is C13H20N2S. The maximum atomic E-state index is 4.90. The Hall–Kier alpha value is -0.410. The van der Waals surface area contributed by atoms with Crippen molar-refractivity contribution < 1.29 is 0 Å². The number of rotatable bonds is 4. The second kappa shape index (κ2) is 3.81. The minimum absolute atomic E-state index is 0.157. The first-order valence-electron chi connectivity index (χ1n) is 6.48. The van der Waals surface area contributed by atoms with Crippen molar-refractivity contribution in [2.45, 2.75) is 51.5 Å². The molecule has 0 aromatic carbocycles. The summed E-state index contributed by atoms with van der Waals surface area (Å²) < 4.78 is 0. The lowest BCUT2D eigenvalue weighted by Crippen LogP contribution is -2.41. The Balaban J connectivity index is 1.92. The number of aryl methyl sites for hydroxylation is 2. The van der Waals surface area contributed by atoms with Gasteiger partial charge in [-0.1, -0.05) is 6.92 Å². The van der Waals surface area contributed by atoms with E-state index >= 15 is 0 Å². The molecule has 1 N–H and O–H groups in total. The Bertz CT molecular complexity index is 373. The predicted molar refractivity (Wildman–Crippen MR) is 67.9 cm³/mol. The first-order valence-corrected chi connectivity index (χ1v) is 7.29. The van der Waals surface area contributed by atoms with E-state index in [1.54, 1.807) is 4.88 Å². The van der Waals surface area contributed by atoms with Crippen molar-refractivity contribution in [2.75, 3.05) is 6.54 Å². The van der Waals surface area contributed by atoms with E-state index in [4.69, 9.17) is 4.98 Å². The van der Waals surface area contributed by atoms with Gasteiger partial charge in [0.25, 0.3) is 0 Å². The molecule has 1 heterocycles. The Morgan fingerprint density at radius 3 is 2.88 bits per heavy atom. The van der Waals surface area contributed by atoms with Gasteiger partial charge in [-0.15, -0.1) is 11.3 Å². The molecule has 0 bridgehead atoms. The monoisotopic (exact) mass is 236 g/mol. The zero-order valence-corrected chi connectivity index (χ0v) is 11.0. The van der Waals surface area contributed by atoms with Crippen molar-refractivity contribution in [2.24, 2.45) is 5.92 Å². The molecule has 1 aromatic heterocycles. The fraction of sp³-hybridized carbons (Fsp3) is 0.769. The lowest BCUT2D eigenvalue weighted by atomic mass is 9.96. The smallest absolute Gasteiger partial charge is 0.113 e. The summed E-state index contributed by atoms with van der Waals surface area (Å²) in [6.45, 7) is 5.58. The van der Waals surface area contributed by atoms with Crippen molar-refractivity contribution in [1.29, 1.82) is 0 Å². The minimum Gasteiger partial charge on any atom is -0.306 e. The number of hydrogen-bond donors (Lipinski definition) is 1. The lowest BCUT2D eigenvalue weighted by Gasteiger charge is -2.28. The zero-order valence-electron chi connectivity index (χ0n) is 10.2. The average molecular weight is 236 g/mol. The van der Waals surface area contributed by atoms with Crippen LogP contribution in [-0.2, 0) is 18.4 Å². The Labute approximate surface area is 101 Å². The van der Waals surface area contributed by atoms with Gasteiger partial charge in [-0.25, -0.2) is 4.98 Å². The molecule has 0 spiro atoms. The molecule has 1 aromatic rings. The molecule has 1 atom stereocenters. The number of nitrogens with one attached hydrogen (secondary N) is 1. The maximum Gasteiger partial charge on any atom is 0.113 e. The molecule has 88 valence electrons. The van der Waals surface area contributed by atoms with Crippen LogP contribution >= 0.6 is 11.3 Å². The summed E-state index contributed by atoms with van der Waals surface area (Å²) in [7, 11) is 0. The van der Waals surface area contributed by atoms with Crippen LogP contribution in [0.2, 0.25) is 0 Å². The van der Waals surface area contributed by atoms with Crippen molar-refractivity contribution in [1.82, 2.24) is 10.3 Å². The van der Waals surface area contributed by atoms with Crippen LogP contribution in [0.15, 0.2) is 0 Å². The SMILES string of the molecule is CCNC(C)(c1nc2c(s1)CCC2)C1CC1. The van der Waals surface area contributed by atoms with Crippen LogP contribution in [0.3, 0.4) is 0 Å².